The molecule has 0 unspecified atom stereocenters. The molecule has 0 aliphatic carbocycles. The first-order chi connectivity index (χ1) is 3.43. The van der Waals surface area contributed by atoms with Gasteiger partial charge in [-0.15, -0.1) is 0 Å². The largest absolute Gasteiger partial charge is 0.203 e. The molecule has 0 saturated heterocycles. The normalized spacial score (nSPS) is 11.0. The Hall–Kier alpha value is 0.267. The van der Waals surface area contributed by atoms with Crippen LogP contribution < -0.4 is 4.50 Å². The van der Waals surface area contributed by atoms with Gasteiger partial charge in [-0.2, -0.15) is 11.3 Å². The van der Waals surface area contributed by atoms with Gasteiger partial charge in [0.15, 0.2) is 0 Å². The first-order valence-electron chi connectivity index (χ1n) is 2.06. The van der Waals surface area contributed by atoms with E-state index in [9.17, 15) is 0 Å². The van der Waals surface area contributed by atoms with Crippen molar-refractivity contribution in [2.75, 3.05) is 0 Å². The third-order valence-electron chi connectivity index (χ3n) is 0.736. The van der Waals surface area contributed by atoms with Gasteiger partial charge in [-0.05, 0) is 9.88 Å². The van der Waals surface area contributed by atoms with E-state index in [0.717, 1.165) is 0 Å². The van der Waals surface area contributed by atoms with Crippen molar-refractivity contribution in [3.63, 3.8) is 0 Å². The van der Waals surface area contributed by atoms with E-state index in [4.69, 9.17) is 0 Å². The zero-order valence-corrected chi connectivity index (χ0v) is 6.92. The maximum absolute atomic E-state index is 4.23. The topological polar surface area (TPSA) is 0 Å². The van der Waals surface area contributed by atoms with Crippen LogP contribution in [0.1, 0.15) is 0 Å². The molecule has 38 valence electrons. The minimum Gasteiger partial charge on any atom is -0.203 e. The molecule has 3 heteroatoms. The second-order valence-corrected chi connectivity index (χ2v) is 4.81. The van der Waals surface area contributed by atoms with Crippen LogP contribution in [-0.2, 0) is 0 Å². The molecule has 0 saturated carbocycles. The molecule has 1 heterocycles. The molecule has 0 atom stereocenters. The molecule has 0 aromatic carbocycles. The molecule has 0 radical (unpaired) electrons. The zero-order chi connectivity index (χ0) is 5.11. The molecular formula is C4H6S2Si. The van der Waals surface area contributed by atoms with Gasteiger partial charge in [0, 0.05) is 0 Å². The van der Waals surface area contributed by atoms with Crippen molar-refractivity contribution in [1.29, 1.82) is 0 Å². The van der Waals surface area contributed by atoms with Crippen molar-refractivity contribution in [3.05, 3.63) is 17.5 Å². The van der Waals surface area contributed by atoms with E-state index in [-0.39, 0.29) is 8.67 Å². The van der Waals surface area contributed by atoms with Gasteiger partial charge in [-0.1, -0.05) is 12.1 Å². The van der Waals surface area contributed by atoms with Gasteiger partial charge in [-0.3, -0.25) is 0 Å². The predicted molar refractivity (Wildman–Crippen MR) is 41.5 cm³/mol. The summed E-state index contributed by atoms with van der Waals surface area (Å²) >= 11 is 6.03. The summed E-state index contributed by atoms with van der Waals surface area (Å²) in [6.07, 6.45) is 0. The molecule has 0 spiro atoms. The Kier molecular flexibility index (Phi) is 1.96. The van der Waals surface area contributed by atoms with Gasteiger partial charge < -0.3 is 0 Å². The SMILES string of the molecule is S[SiH2]c1cccs1. The molecule has 0 aliphatic rings. The van der Waals surface area contributed by atoms with Crippen LogP contribution in [0.25, 0.3) is 0 Å². The minimum absolute atomic E-state index is 0.154. The Labute approximate surface area is 54.4 Å². The fourth-order valence-corrected chi connectivity index (χ4v) is 2.71. The van der Waals surface area contributed by atoms with Crippen LogP contribution in [0.5, 0.6) is 0 Å². The average molecular weight is 146 g/mol. The van der Waals surface area contributed by atoms with E-state index >= 15 is 0 Å². The Morgan fingerprint density at radius 3 is 2.86 bits per heavy atom. The van der Waals surface area contributed by atoms with E-state index in [2.05, 4.69) is 29.6 Å². The molecule has 7 heavy (non-hydrogen) atoms. The van der Waals surface area contributed by atoms with E-state index < -0.39 is 0 Å². The lowest BCUT2D eigenvalue weighted by Gasteiger charge is -1.76. The zero-order valence-electron chi connectivity index (χ0n) is 3.79. The van der Waals surface area contributed by atoms with Crippen LogP contribution in [0, 0.1) is 0 Å². The Bertz CT molecular complexity index is 124. The Balaban J connectivity index is 2.76. The highest BCUT2D eigenvalue weighted by atomic mass is 32.3. The fraction of sp³-hybridized carbons (Fsp3) is 0. The fourth-order valence-electron chi connectivity index (χ4n) is 0.403. The summed E-state index contributed by atoms with van der Waals surface area (Å²) in [5.74, 6) is 0. The standard InChI is InChI=1S/C4H6S2Si/c5-7-4-2-1-3-6-4/h1-3,5H,7H2. The van der Waals surface area contributed by atoms with Crippen LogP contribution in [0.4, 0.5) is 0 Å². The lowest BCUT2D eigenvalue weighted by Crippen LogP contribution is -1.99. The molecule has 0 amide bonds. The smallest absolute Gasteiger partial charge is 0.125 e. The number of hydrogen-bond donors (Lipinski definition) is 1. The highest BCUT2D eigenvalue weighted by Gasteiger charge is 1.84. The van der Waals surface area contributed by atoms with Crippen LogP contribution >= 0.6 is 23.4 Å². The molecule has 0 fully saturated rings. The third kappa shape index (κ3) is 1.33. The number of rotatable bonds is 1. The quantitative estimate of drug-likeness (QED) is 0.430. The predicted octanol–water partition coefficient (Wildman–Crippen LogP) is 0.387. The van der Waals surface area contributed by atoms with Crippen molar-refractivity contribution in [2.45, 2.75) is 0 Å². The van der Waals surface area contributed by atoms with Crippen molar-refractivity contribution in [1.82, 2.24) is 0 Å². The molecule has 0 aliphatic heterocycles. The van der Waals surface area contributed by atoms with E-state index in [0.29, 0.717) is 0 Å². The van der Waals surface area contributed by atoms with Gasteiger partial charge in [0.05, 0.1) is 0 Å². The van der Waals surface area contributed by atoms with Crippen molar-refractivity contribution in [3.8, 4) is 0 Å². The molecule has 0 bridgehead atoms. The molecule has 0 nitrogen and oxygen atoms in total. The summed E-state index contributed by atoms with van der Waals surface area (Å²) < 4.78 is 1.48. The maximum Gasteiger partial charge on any atom is 0.125 e. The Morgan fingerprint density at radius 2 is 2.57 bits per heavy atom. The summed E-state index contributed by atoms with van der Waals surface area (Å²) in [4.78, 5) is 0. The average Bonchev–Trinajstić information content (AvgIpc) is 2.14. The van der Waals surface area contributed by atoms with Gasteiger partial charge in [0.1, 0.15) is 8.67 Å². The number of thiol groups is 1. The van der Waals surface area contributed by atoms with Gasteiger partial charge in [0.25, 0.3) is 0 Å². The summed E-state index contributed by atoms with van der Waals surface area (Å²) in [6.45, 7) is 0. The second kappa shape index (κ2) is 2.54. The molecule has 1 aromatic heterocycles. The van der Waals surface area contributed by atoms with Crippen molar-refractivity contribution < 1.29 is 0 Å². The summed E-state index contributed by atoms with van der Waals surface area (Å²) in [6, 6.07) is 4.22. The number of hydrogen-bond acceptors (Lipinski definition) is 2. The lowest BCUT2D eigenvalue weighted by atomic mass is 10.7. The summed E-state index contributed by atoms with van der Waals surface area (Å²) in [5, 5.41) is 2.10. The highest BCUT2D eigenvalue weighted by molar-refractivity contribution is 8.08. The molecule has 0 N–H and O–H groups in total. The minimum atomic E-state index is -0.154. The first-order valence-corrected chi connectivity index (χ1v) is 6.18. The monoisotopic (exact) mass is 146 g/mol. The lowest BCUT2D eigenvalue weighted by molar-refractivity contribution is 2.07. The molecule has 1 aromatic rings. The highest BCUT2D eigenvalue weighted by Crippen LogP contribution is 1.91. The molecular weight excluding hydrogens is 140 g/mol. The maximum atomic E-state index is 4.23. The van der Waals surface area contributed by atoms with E-state index in [1.165, 1.54) is 4.50 Å². The van der Waals surface area contributed by atoms with Crippen LogP contribution in [-0.4, -0.2) is 8.67 Å². The first kappa shape index (κ1) is 5.40. The van der Waals surface area contributed by atoms with Gasteiger partial charge in [-0.25, -0.2) is 12.1 Å². The number of thiophene rings is 1. The van der Waals surface area contributed by atoms with E-state index in [1.54, 1.807) is 0 Å². The van der Waals surface area contributed by atoms with Crippen LogP contribution in [0.2, 0.25) is 0 Å². The van der Waals surface area contributed by atoms with Crippen LogP contribution in [0.3, 0.4) is 0 Å². The van der Waals surface area contributed by atoms with Gasteiger partial charge >= 0.3 is 0 Å². The van der Waals surface area contributed by atoms with E-state index in [1.807, 2.05) is 11.3 Å². The van der Waals surface area contributed by atoms with Crippen LogP contribution in [0.15, 0.2) is 17.5 Å². The Morgan fingerprint density at radius 1 is 1.71 bits per heavy atom. The molecule has 1 rings (SSSR count). The second-order valence-electron chi connectivity index (χ2n) is 1.24. The summed E-state index contributed by atoms with van der Waals surface area (Å²) in [7, 11) is -0.154. The summed E-state index contributed by atoms with van der Waals surface area (Å²) in [5.41, 5.74) is 0. The third-order valence-corrected chi connectivity index (χ3v) is 4.61. The van der Waals surface area contributed by atoms with Crippen molar-refractivity contribution in [2.24, 2.45) is 0 Å². The van der Waals surface area contributed by atoms with Gasteiger partial charge in [0.2, 0.25) is 0 Å². The van der Waals surface area contributed by atoms with Crippen molar-refractivity contribution >= 4 is 36.6 Å².